The number of hydrogen-bond donors (Lipinski definition) is 2. The van der Waals surface area contributed by atoms with E-state index < -0.39 is 0 Å². The van der Waals surface area contributed by atoms with Crippen molar-refractivity contribution in [2.45, 2.75) is 31.8 Å². The predicted octanol–water partition coefficient (Wildman–Crippen LogP) is 1.51. The number of aromatic nitrogens is 3. The lowest BCUT2D eigenvalue weighted by Crippen LogP contribution is -2.58. The van der Waals surface area contributed by atoms with Crippen LogP contribution in [0.2, 0.25) is 0 Å². The van der Waals surface area contributed by atoms with Crippen LogP contribution in [-0.2, 0) is 6.54 Å². The van der Waals surface area contributed by atoms with Crippen molar-refractivity contribution in [1.82, 2.24) is 25.0 Å². The Labute approximate surface area is 147 Å². The molecule has 4 rings (SSSR count). The van der Waals surface area contributed by atoms with Crippen LogP contribution in [0.1, 0.15) is 35.4 Å². The van der Waals surface area contributed by atoms with E-state index in [-0.39, 0.29) is 17.7 Å². The zero-order valence-corrected chi connectivity index (χ0v) is 14.3. The van der Waals surface area contributed by atoms with Crippen molar-refractivity contribution < 1.29 is 4.79 Å². The van der Waals surface area contributed by atoms with Crippen LogP contribution in [-0.4, -0.2) is 56.6 Å². The summed E-state index contributed by atoms with van der Waals surface area (Å²) in [5.41, 5.74) is 6.86. The molecule has 1 aliphatic heterocycles. The van der Waals surface area contributed by atoms with E-state index in [4.69, 9.17) is 5.73 Å². The Morgan fingerprint density at radius 3 is 2.68 bits per heavy atom. The zero-order chi connectivity index (χ0) is 17.2. The quantitative estimate of drug-likeness (QED) is 0.880. The first-order valence-electron chi connectivity index (χ1n) is 8.96. The topological polar surface area (TPSA) is 91.1 Å². The SMILES string of the molecule is Nc1n[nH]c(C(=O)N2CCN(Cc3ccccc3)C(C3CCC3)C2)n1. The highest BCUT2D eigenvalue weighted by Gasteiger charge is 2.37. The van der Waals surface area contributed by atoms with Crippen molar-refractivity contribution in [2.75, 3.05) is 25.4 Å². The number of carbonyl (C=O) groups is 1. The van der Waals surface area contributed by atoms with E-state index in [0.717, 1.165) is 19.6 Å². The van der Waals surface area contributed by atoms with E-state index in [9.17, 15) is 4.79 Å². The molecule has 2 aromatic rings. The normalized spacial score (nSPS) is 21.9. The van der Waals surface area contributed by atoms with Crippen LogP contribution in [0.15, 0.2) is 30.3 Å². The van der Waals surface area contributed by atoms with Gasteiger partial charge in [-0.05, 0) is 24.3 Å². The Bertz CT molecular complexity index is 726. The second-order valence-electron chi connectivity index (χ2n) is 7.01. The standard InChI is InChI=1S/C18H24N6O/c19-18-20-16(21-22-18)17(25)24-10-9-23(11-13-5-2-1-3-6-13)15(12-24)14-7-4-8-14/h1-3,5-6,14-15H,4,7-12H2,(H3,19,20,21,22). The lowest BCUT2D eigenvalue weighted by atomic mass is 9.78. The van der Waals surface area contributed by atoms with E-state index in [0.29, 0.717) is 18.5 Å². The number of amides is 1. The summed E-state index contributed by atoms with van der Waals surface area (Å²) in [5.74, 6) is 0.926. The predicted molar refractivity (Wildman–Crippen MR) is 94.7 cm³/mol. The Morgan fingerprint density at radius 2 is 2.04 bits per heavy atom. The summed E-state index contributed by atoms with van der Waals surface area (Å²) in [4.78, 5) is 21.1. The van der Waals surface area contributed by atoms with Crippen molar-refractivity contribution in [3.8, 4) is 0 Å². The molecule has 1 saturated carbocycles. The first-order chi connectivity index (χ1) is 12.2. The van der Waals surface area contributed by atoms with Gasteiger partial charge in [0.25, 0.3) is 5.91 Å². The van der Waals surface area contributed by atoms with E-state index in [1.54, 1.807) is 0 Å². The molecule has 1 amide bonds. The first kappa shape index (κ1) is 16.1. The summed E-state index contributed by atoms with van der Waals surface area (Å²) in [6.45, 7) is 3.27. The summed E-state index contributed by atoms with van der Waals surface area (Å²) in [7, 11) is 0. The molecule has 1 aromatic carbocycles. The van der Waals surface area contributed by atoms with Gasteiger partial charge in [-0.15, -0.1) is 5.10 Å². The van der Waals surface area contributed by atoms with Crippen LogP contribution < -0.4 is 5.73 Å². The smallest absolute Gasteiger partial charge is 0.291 e. The maximum atomic E-state index is 12.7. The van der Waals surface area contributed by atoms with Crippen molar-refractivity contribution in [3.63, 3.8) is 0 Å². The number of hydrogen-bond acceptors (Lipinski definition) is 5. The molecule has 132 valence electrons. The molecule has 1 aliphatic carbocycles. The van der Waals surface area contributed by atoms with Crippen LogP contribution in [0.25, 0.3) is 0 Å². The highest BCUT2D eigenvalue weighted by atomic mass is 16.2. The Kier molecular flexibility index (Phi) is 4.40. The van der Waals surface area contributed by atoms with Gasteiger partial charge in [-0.3, -0.25) is 14.8 Å². The maximum absolute atomic E-state index is 12.7. The third kappa shape index (κ3) is 3.37. The summed E-state index contributed by atoms with van der Waals surface area (Å²) >= 11 is 0. The van der Waals surface area contributed by atoms with Crippen molar-refractivity contribution >= 4 is 11.9 Å². The minimum atomic E-state index is -0.104. The molecular formula is C18H24N6O. The van der Waals surface area contributed by atoms with E-state index in [1.807, 2.05) is 11.0 Å². The fraction of sp³-hybridized carbons (Fsp3) is 0.500. The molecule has 2 fully saturated rings. The van der Waals surface area contributed by atoms with Crippen LogP contribution >= 0.6 is 0 Å². The van der Waals surface area contributed by atoms with E-state index in [1.165, 1.54) is 24.8 Å². The number of H-pyrrole nitrogens is 1. The average Bonchev–Trinajstić information content (AvgIpc) is 3.01. The molecule has 7 heteroatoms. The minimum absolute atomic E-state index is 0.104. The largest absolute Gasteiger partial charge is 0.366 e. The van der Waals surface area contributed by atoms with Gasteiger partial charge < -0.3 is 10.6 Å². The van der Waals surface area contributed by atoms with Gasteiger partial charge in [-0.1, -0.05) is 36.8 Å². The minimum Gasteiger partial charge on any atom is -0.366 e. The number of rotatable bonds is 4. The molecule has 0 spiro atoms. The Morgan fingerprint density at radius 1 is 1.24 bits per heavy atom. The fourth-order valence-electron chi connectivity index (χ4n) is 3.84. The van der Waals surface area contributed by atoms with Gasteiger partial charge in [0.2, 0.25) is 11.8 Å². The van der Waals surface area contributed by atoms with Gasteiger partial charge in [0.1, 0.15) is 0 Å². The zero-order valence-electron chi connectivity index (χ0n) is 14.3. The summed E-state index contributed by atoms with van der Waals surface area (Å²) in [6.07, 6.45) is 3.81. The first-order valence-corrected chi connectivity index (χ1v) is 8.96. The number of piperazine rings is 1. The van der Waals surface area contributed by atoms with Gasteiger partial charge in [-0.2, -0.15) is 4.98 Å². The Balaban J connectivity index is 1.47. The maximum Gasteiger partial charge on any atom is 0.291 e. The molecule has 2 heterocycles. The van der Waals surface area contributed by atoms with Gasteiger partial charge in [-0.25, -0.2) is 0 Å². The van der Waals surface area contributed by atoms with Gasteiger partial charge >= 0.3 is 0 Å². The lowest BCUT2D eigenvalue weighted by Gasteiger charge is -2.47. The number of anilines is 1. The number of benzene rings is 1. The van der Waals surface area contributed by atoms with Crippen molar-refractivity contribution in [2.24, 2.45) is 5.92 Å². The van der Waals surface area contributed by atoms with Crippen LogP contribution in [0.3, 0.4) is 0 Å². The number of nitrogen functional groups attached to an aromatic ring is 1. The second kappa shape index (κ2) is 6.84. The molecule has 3 N–H and O–H groups in total. The molecule has 25 heavy (non-hydrogen) atoms. The van der Waals surface area contributed by atoms with Gasteiger partial charge in [0.05, 0.1) is 0 Å². The fourth-order valence-corrected chi connectivity index (χ4v) is 3.84. The third-order valence-corrected chi connectivity index (χ3v) is 5.45. The van der Waals surface area contributed by atoms with Crippen molar-refractivity contribution in [3.05, 3.63) is 41.7 Å². The third-order valence-electron chi connectivity index (χ3n) is 5.45. The molecule has 1 unspecified atom stereocenters. The molecule has 7 nitrogen and oxygen atoms in total. The molecule has 0 bridgehead atoms. The monoisotopic (exact) mass is 340 g/mol. The summed E-state index contributed by atoms with van der Waals surface area (Å²) in [5, 5.41) is 6.40. The van der Waals surface area contributed by atoms with Crippen LogP contribution in [0.5, 0.6) is 0 Å². The van der Waals surface area contributed by atoms with Gasteiger partial charge in [0, 0.05) is 32.2 Å². The molecule has 2 aliphatic rings. The number of nitrogens with zero attached hydrogens (tertiary/aromatic N) is 4. The number of carbonyl (C=O) groups excluding carboxylic acids is 1. The molecule has 1 saturated heterocycles. The van der Waals surface area contributed by atoms with Crippen LogP contribution in [0, 0.1) is 5.92 Å². The summed E-state index contributed by atoms with van der Waals surface area (Å²) < 4.78 is 0. The van der Waals surface area contributed by atoms with E-state index >= 15 is 0 Å². The second-order valence-corrected chi connectivity index (χ2v) is 7.01. The number of aromatic amines is 1. The average molecular weight is 340 g/mol. The molecule has 1 aromatic heterocycles. The molecule has 0 radical (unpaired) electrons. The lowest BCUT2D eigenvalue weighted by molar-refractivity contribution is 0.0127. The highest BCUT2D eigenvalue weighted by molar-refractivity contribution is 5.90. The molecular weight excluding hydrogens is 316 g/mol. The van der Waals surface area contributed by atoms with E-state index in [2.05, 4.69) is 44.3 Å². The summed E-state index contributed by atoms with van der Waals surface area (Å²) in [6, 6.07) is 11.0. The van der Waals surface area contributed by atoms with Crippen LogP contribution in [0.4, 0.5) is 5.95 Å². The van der Waals surface area contributed by atoms with Crippen molar-refractivity contribution in [1.29, 1.82) is 0 Å². The number of nitrogens with one attached hydrogen (secondary N) is 1. The Hall–Kier alpha value is -2.41. The number of nitrogens with two attached hydrogens (primary N) is 1. The van der Waals surface area contributed by atoms with Gasteiger partial charge in [0.15, 0.2) is 0 Å². The molecule has 1 atom stereocenters. The highest BCUT2D eigenvalue weighted by Crippen LogP contribution is 2.34.